The summed E-state index contributed by atoms with van der Waals surface area (Å²) in [4.78, 5) is 2.28. The Morgan fingerprint density at radius 2 is 2.10 bits per heavy atom. The number of piperazine rings is 1. The predicted molar refractivity (Wildman–Crippen MR) is 68.0 cm³/mol. The number of nitrogens with zero attached hydrogens (tertiary/aromatic N) is 2. The van der Waals surface area contributed by atoms with Gasteiger partial charge in [-0.2, -0.15) is 5.26 Å². The molecule has 20 heavy (non-hydrogen) atoms. The third-order valence-corrected chi connectivity index (χ3v) is 3.91. The molecule has 3 rings (SSSR count). The van der Waals surface area contributed by atoms with Crippen molar-refractivity contribution in [3.05, 3.63) is 34.9 Å². The van der Waals surface area contributed by atoms with Gasteiger partial charge in [0.15, 0.2) is 0 Å². The summed E-state index contributed by atoms with van der Waals surface area (Å²) in [6.45, 7) is 3.87. The Morgan fingerprint density at radius 1 is 1.35 bits per heavy atom. The first-order valence-electron chi connectivity index (χ1n) is 6.64. The number of hydrogen-bond donors (Lipinski definition) is 1. The number of hydrogen-bond acceptors (Lipinski definition) is 4. The minimum absolute atomic E-state index is 0.327. The lowest BCUT2D eigenvalue weighted by molar-refractivity contribution is -0.0719. The fraction of sp³-hybridized carbons (Fsp3) is 0.500. The molecule has 0 spiro atoms. The Kier molecular flexibility index (Phi) is 3.66. The van der Waals surface area contributed by atoms with Crippen LogP contribution in [0.1, 0.15) is 17.2 Å². The van der Waals surface area contributed by atoms with Crippen molar-refractivity contribution in [2.24, 2.45) is 0 Å². The zero-order valence-electron chi connectivity index (χ0n) is 10.9. The van der Waals surface area contributed by atoms with Crippen LogP contribution in [0.4, 0.5) is 8.78 Å². The molecule has 4 nitrogen and oxygen atoms in total. The summed E-state index contributed by atoms with van der Waals surface area (Å²) in [5.41, 5.74) is -0.0828. The van der Waals surface area contributed by atoms with Crippen molar-refractivity contribution in [1.82, 2.24) is 10.2 Å². The lowest BCUT2D eigenvalue weighted by Gasteiger charge is -2.42. The van der Waals surface area contributed by atoms with Gasteiger partial charge in [-0.25, -0.2) is 8.78 Å². The Bertz CT molecular complexity index is 535. The molecule has 2 saturated heterocycles. The van der Waals surface area contributed by atoms with E-state index in [1.54, 1.807) is 0 Å². The van der Waals surface area contributed by atoms with Gasteiger partial charge in [-0.3, -0.25) is 4.90 Å². The van der Waals surface area contributed by atoms with Gasteiger partial charge in [-0.15, -0.1) is 0 Å². The summed E-state index contributed by atoms with van der Waals surface area (Å²) in [6.07, 6.45) is -0.346. The Morgan fingerprint density at radius 3 is 2.80 bits per heavy atom. The fourth-order valence-corrected chi connectivity index (χ4v) is 2.79. The van der Waals surface area contributed by atoms with Crippen LogP contribution in [-0.2, 0) is 4.74 Å². The smallest absolute Gasteiger partial charge is 0.144 e. The van der Waals surface area contributed by atoms with Crippen LogP contribution in [0.2, 0.25) is 0 Å². The van der Waals surface area contributed by atoms with Gasteiger partial charge in [0.05, 0.1) is 12.7 Å². The number of rotatable bonds is 1. The molecule has 0 aromatic heterocycles. The molecule has 2 aliphatic heterocycles. The largest absolute Gasteiger partial charge is 0.371 e. The maximum atomic E-state index is 13.7. The summed E-state index contributed by atoms with van der Waals surface area (Å²) in [6, 6.07) is 4.26. The standard InChI is InChI=1S/C14H15F2N3O/c15-12-3-9(4-13(16)11(12)5-17)14-7-19-2-1-18-6-10(19)8-20-14/h3-4,10,14,18H,1-2,6-8H2/t10-,14+/m0/s1. The fourth-order valence-electron chi connectivity index (χ4n) is 2.79. The van der Waals surface area contributed by atoms with E-state index in [1.165, 1.54) is 18.2 Å². The van der Waals surface area contributed by atoms with E-state index < -0.39 is 17.2 Å². The minimum Gasteiger partial charge on any atom is -0.371 e. The summed E-state index contributed by atoms with van der Waals surface area (Å²) >= 11 is 0. The number of benzene rings is 1. The topological polar surface area (TPSA) is 48.3 Å². The van der Waals surface area contributed by atoms with Crippen LogP contribution >= 0.6 is 0 Å². The predicted octanol–water partition coefficient (Wildman–Crippen LogP) is 1.18. The van der Waals surface area contributed by atoms with Crippen LogP contribution in [0.25, 0.3) is 0 Å². The molecule has 6 heteroatoms. The van der Waals surface area contributed by atoms with E-state index >= 15 is 0 Å². The summed E-state index contributed by atoms with van der Waals surface area (Å²) < 4.78 is 33.0. The van der Waals surface area contributed by atoms with Crippen molar-refractivity contribution >= 4 is 0 Å². The Balaban J connectivity index is 1.82. The molecule has 1 aromatic rings. The van der Waals surface area contributed by atoms with E-state index in [-0.39, 0.29) is 6.10 Å². The van der Waals surface area contributed by atoms with Crippen molar-refractivity contribution in [3.8, 4) is 6.07 Å². The zero-order chi connectivity index (χ0) is 14.1. The maximum absolute atomic E-state index is 13.7. The lowest BCUT2D eigenvalue weighted by atomic mass is 10.0. The maximum Gasteiger partial charge on any atom is 0.144 e. The highest BCUT2D eigenvalue weighted by Gasteiger charge is 2.32. The van der Waals surface area contributed by atoms with Crippen LogP contribution in [0.5, 0.6) is 0 Å². The van der Waals surface area contributed by atoms with Gasteiger partial charge in [0.2, 0.25) is 0 Å². The number of nitriles is 1. The van der Waals surface area contributed by atoms with Crippen molar-refractivity contribution in [2.45, 2.75) is 12.1 Å². The molecule has 1 aromatic carbocycles. The minimum atomic E-state index is -0.825. The molecule has 2 heterocycles. The van der Waals surface area contributed by atoms with Crippen LogP contribution in [0, 0.1) is 23.0 Å². The Hall–Kier alpha value is -1.55. The SMILES string of the molecule is N#Cc1c(F)cc([C@H]2CN3CCNC[C@H]3CO2)cc1F. The van der Waals surface area contributed by atoms with Crippen molar-refractivity contribution in [3.63, 3.8) is 0 Å². The molecule has 0 unspecified atom stereocenters. The van der Waals surface area contributed by atoms with Gasteiger partial charge >= 0.3 is 0 Å². The van der Waals surface area contributed by atoms with E-state index in [0.29, 0.717) is 24.8 Å². The van der Waals surface area contributed by atoms with Crippen LogP contribution in [0.15, 0.2) is 12.1 Å². The molecule has 0 saturated carbocycles. The first-order valence-corrected chi connectivity index (χ1v) is 6.64. The molecule has 0 aliphatic carbocycles. The average Bonchev–Trinajstić information content (AvgIpc) is 2.46. The molecular formula is C14H15F2N3O. The van der Waals surface area contributed by atoms with Crippen LogP contribution in [-0.4, -0.2) is 43.7 Å². The second-order valence-electron chi connectivity index (χ2n) is 5.15. The molecule has 2 atom stereocenters. The van der Waals surface area contributed by atoms with Gasteiger partial charge in [0.1, 0.15) is 23.3 Å². The lowest BCUT2D eigenvalue weighted by Crippen LogP contribution is -2.57. The molecule has 1 N–H and O–H groups in total. The van der Waals surface area contributed by atoms with Gasteiger partial charge in [0.25, 0.3) is 0 Å². The van der Waals surface area contributed by atoms with Crippen LogP contribution < -0.4 is 5.32 Å². The van der Waals surface area contributed by atoms with E-state index in [0.717, 1.165) is 19.6 Å². The van der Waals surface area contributed by atoms with E-state index in [2.05, 4.69) is 10.2 Å². The molecule has 106 valence electrons. The molecule has 0 amide bonds. The summed E-state index contributed by atoms with van der Waals surface area (Å²) in [5.74, 6) is -1.65. The highest BCUT2D eigenvalue weighted by molar-refractivity contribution is 5.36. The first kappa shape index (κ1) is 13.4. The number of halogens is 2. The van der Waals surface area contributed by atoms with Gasteiger partial charge in [-0.05, 0) is 17.7 Å². The van der Waals surface area contributed by atoms with Crippen molar-refractivity contribution in [2.75, 3.05) is 32.8 Å². The molecule has 0 radical (unpaired) electrons. The second-order valence-corrected chi connectivity index (χ2v) is 5.15. The quantitative estimate of drug-likeness (QED) is 0.838. The number of morpholine rings is 1. The molecule has 2 aliphatic rings. The number of fused-ring (bicyclic) bond motifs is 1. The Labute approximate surface area is 115 Å². The van der Waals surface area contributed by atoms with Gasteiger partial charge in [0, 0.05) is 32.2 Å². The second kappa shape index (κ2) is 5.44. The summed E-state index contributed by atoms with van der Waals surface area (Å²) in [7, 11) is 0. The van der Waals surface area contributed by atoms with Gasteiger partial charge in [-0.1, -0.05) is 0 Å². The van der Waals surface area contributed by atoms with Gasteiger partial charge < -0.3 is 10.1 Å². The van der Waals surface area contributed by atoms with E-state index in [9.17, 15) is 8.78 Å². The molecule has 2 fully saturated rings. The monoisotopic (exact) mass is 279 g/mol. The average molecular weight is 279 g/mol. The first-order chi connectivity index (χ1) is 9.69. The highest BCUT2D eigenvalue weighted by Crippen LogP contribution is 2.27. The van der Waals surface area contributed by atoms with Crippen molar-refractivity contribution in [1.29, 1.82) is 5.26 Å². The highest BCUT2D eigenvalue weighted by atomic mass is 19.1. The van der Waals surface area contributed by atoms with Crippen LogP contribution in [0.3, 0.4) is 0 Å². The van der Waals surface area contributed by atoms with E-state index in [4.69, 9.17) is 10.00 Å². The zero-order valence-corrected chi connectivity index (χ0v) is 10.9. The number of ether oxygens (including phenoxy) is 1. The number of nitrogens with one attached hydrogen (secondary N) is 1. The third kappa shape index (κ3) is 2.40. The normalized spacial score (nSPS) is 26.9. The van der Waals surface area contributed by atoms with Crippen molar-refractivity contribution < 1.29 is 13.5 Å². The third-order valence-electron chi connectivity index (χ3n) is 3.91. The summed E-state index contributed by atoms with van der Waals surface area (Å²) in [5, 5.41) is 12.0. The molecule has 0 bridgehead atoms. The molecular weight excluding hydrogens is 264 g/mol. The van der Waals surface area contributed by atoms with E-state index in [1.807, 2.05) is 0 Å².